The van der Waals surface area contributed by atoms with E-state index < -0.39 is 0 Å². The van der Waals surface area contributed by atoms with Crippen molar-refractivity contribution < 1.29 is 9.28 Å². The fraction of sp³-hybridized carbons (Fsp3) is 0.842. The quantitative estimate of drug-likeness (QED) is 0.513. The summed E-state index contributed by atoms with van der Waals surface area (Å²) >= 11 is 0. The normalized spacial score (nSPS) is 16.5. The van der Waals surface area contributed by atoms with Gasteiger partial charge in [-0.2, -0.15) is 0 Å². The molecule has 0 saturated heterocycles. The number of rotatable bonds is 6. The summed E-state index contributed by atoms with van der Waals surface area (Å²) in [5.41, 5.74) is 0.465. The Hall–Kier alpha value is -0.630. The highest BCUT2D eigenvalue weighted by atomic mass is 16.1. The van der Waals surface area contributed by atoms with E-state index in [-0.39, 0.29) is 22.0 Å². The van der Waals surface area contributed by atoms with E-state index in [1.165, 1.54) is 0 Å². The summed E-state index contributed by atoms with van der Waals surface area (Å²) in [6.07, 6.45) is 1.66. The van der Waals surface area contributed by atoms with Gasteiger partial charge in [-0.05, 0) is 22.8 Å². The van der Waals surface area contributed by atoms with Gasteiger partial charge in [-0.15, -0.1) is 0 Å². The average molecular weight is 297 g/mol. The van der Waals surface area contributed by atoms with Crippen LogP contribution in [0.3, 0.4) is 0 Å². The fourth-order valence-corrected chi connectivity index (χ4v) is 2.72. The molecule has 0 aliphatic heterocycles. The topological polar surface area (TPSA) is 17.1 Å². The van der Waals surface area contributed by atoms with Crippen LogP contribution in [0.2, 0.25) is 0 Å². The van der Waals surface area contributed by atoms with Gasteiger partial charge in [0.05, 0.1) is 27.7 Å². The molecule has 0 heterocycles. The lowest BCUT2D eigenvalue weighted by Crippen LogP contribution is -2.44. The van der Waals surface area contributed by atoms with Crippen LogP contribution in [0.5, 0.6) is 0 Å². The van der Waals surface area contributed by atoms with Gasteiger partial charge < -0.3 is 4.48 Å². The number of hydrogen-bond acceptors (Lipinski definition) is 1. The van der Waals surface area contributed by atoms with Crippen molar-refractivity contribution in [2.75, 3.05) is 27.7 Å². The zero-order chi connectivity index (χ0) is 17.3. The SMILES string of the molecule is C=C(CC[N+](C)(C)C)C(=O)C(C)(CC(C)(C)C)C(C)(C)C. The summed E-state index contributed by atoms with van der Waals surface area (Å²) < 4.78 is 0.859. The minimum atomic E-state index is -0.368. The van der Waals surface area contributed by atoms with Crippen LogP contribution in [0.25, 0.3) is 0 Å². The van der Waals surface area contributed by atoms with Crippen LogP contribution in [-0.4, -0.2) is 38.0 Å². The predicted molar refractivity (Wildman–Crippen MR) is 93.3 cm³/mol. The molecular weight excluding hydrogens is 258 g/mol. The Balaban J connectivity index is 5.28. The highest BCUT2D eigenvalue weighted by Gasteiger charge is 2.46. The predicted octanol–water partition coefficient (Wildman–Crippen LogP) is 4.70. The zero-order valence-electron chi connectivity index (χ0n) is 16.2. The van der Waals surface area contributed by atoms with Gasteiger partial charge in [-0.25, -0.2) is 0 Å². The molecule has 0 saturated carbocycles. The Bertz CT molecular complexity index is 387. The van der Waals surface area contributed by atoms with Crippen LogP contribution < -0.4 is 0 Å². The number of quaternary nitrogens is 1. The number of hydrogen-bond donors (Lipinski definition) is 0. The largest absolute Gasteiger partial charge is 0.331 e. The highest BCUT2D eigenvalue weighted by molar-refractivity contribution is 5.99. The maximum absolute atomic E-state index is 13.1. The molecule has 0 aliphatic rings. The Kier molecular flexibility index (Phi) is 6.05. The molecule has 0 fully saturated rings. The number of carbonyl (C=O) groups excluding carboxylic acids is 1. The molecule has 0 rings (SSSR count). The number of nitrogens with zero attached hydrogens (tertiary/aromatic N) is 1. The zero-order valence-corrected chi connectivity index (χ0v) is 16.2. The first-order chi connectivity index (χ1) is 9.00. The van der Waals surface area contributed by atoms with Crippen molar-refractivity contribution in [3.05, 3.63) is 12.2 Å². The van der Waals surface area contributed by atoms with Crippen molar-refractivity contribution in [1.82, 2.24) is 0 Å². The van der Waals surface area contributed by atoms with E-state index in [0.29, 0.717) is 0 Å². The molecule has 21 heavy (non-hydrogen) atoms. The van der Waals surface area contributed by atoms with Gasteiger partial charge in [0.15, 0.2) is 5.78 Å². The lowest BCUT2D eigenvalue weighted by molar-refractivity contribution is -0.870. The lowest BCUT2D eigenvalue weighted by Gasteiger charge is -2.45. The molecule has 0 N–H and O–H groups in total. The standard InChI is InChI=1S/C19H38NO/c1-15(12-13-20(9,10)11)16(21)19(8,18(5,6)7)14-17(2,3)4/h1,12-14H2,2-11H3/q+1. The van der Waals surface area contributed by atoms with Crippen molar-refractivity contribution in [2.45, 2.75) is 61.3 Å². The van der Waals surface area contributed by atoms with Crippen molar-refractivity contribution in [3.63, 3.8) is 0 Å². The average Bonchev–Trinajstić information content (AvgIpc) is 2.19. The van der Waals surface area contributed by atoms with Crippen LogP contribution in [0.1, 0.15) is 61.3 Å². The van der Waals surface area contributed by atoms with Crippen LogP contribution >= 0.6 is 0 Å². The summed E-state index contributed by atoms with van der Waals surface area (Å²) in [4.78, 5) is 13.1. The maximum atomic E-state index is 13.1. The minimum Gasteiger partial charge on any atom is -0.331 e. The molecule has 0 bridgehead atoms. The van der Waals surface area contributed by atoms with Crippen molar-refractivity contribution >= 4 is 5.78 Å². The van der Waals surface area contributed by atoms with Crippen LogP contribution in [0.15, 0.2) is 12.2 Å². The van der Waals surface area contributed by atoms with Gasteiger partial charge in [0.1, 0.15) is 0 Å². The summed E-state index contributed by atoms with van der Waals surface area (Å²) in [5, 5.41) is 0. The molecule has 2 heteroatoms. The Morgan fingerprint density at radius 3 is 1.67 bits per heavy atom. The third-order valence-corrected chi connectivity index (χ3v) is 4.45. The van der Waals surface area contributed by atoms with Crippen molar-refractivity contribution in [2.24, 2.45) is 16.2 Å². The summed E-state index contributed by atoms with van der Waals surface area (Å²) in [6, 6.07) is 0. The fourth-order valence-electron chi connectivity index (χ4n) is 2.72. The number of ketones is 1. The third-order valence-electron chi connectivity index (χ3n) is 4.45. The molecule has 1 unspecified atom stereocenters. The third kappa shape index (κ3) is 6.34. The first-order valence-electron chi connectivity index (χ1n) is 8.03. The van der Waals surface area contributed by atoms with Gasteiger partial charge in [-0.3, -0.25) is 4.79 Å². The van der Waals surface area contributed by atoms with Gasteiger partial charge in [0.2, 0.25) is 0 Å². The first-order valence-corrected chi connectivity index (χ1v) is 8.03. The number of Topliss-reactive ketones (excluding diaryl/α,β-unsaturated/α-hetero) is 1. The second-order valence-electron chi connectivity index (χ2n) is 10.0. The first kappa shape index (κ1) is 20.4. The Morgan fingerprint density at radius 2 is 1.38 bits per heavy atom. The molecule has 0 aromatic rings. The monoisotopic (exact) mass is 296 g/mol. The maximum Gasteiger partial charge on any atom is 0.164 e. The molecule has 0 aromatic heterocycles. The summed E-state index contributed by atoms with van der Waals surface area (Å²) in [7, 11) is 6.45. The van der Waals surface area contributed by atoms with Gasteiger partial charge >= 0.3 is 0 Å². The van der Waals surface area contributed by atoms with Crippen molar-refractivity contribution in [1.29, 1.82) is 0 Å². The highest BCUT2D eigenvalue weighted by Crippen LogP contribution is 2.48. The molecule has 2 nitrogen and oxygen atoms in total. The molecule has 0 aliphatic carbocycles. The van der Waals surface area contributed by atoms with E-state index in [1.54, 1.807) is 0 Å². The molecule has 124 valence electrons. The Labute approximate surface area is 133 Å². The minimum absolute atomic E-state index is 0.0725. The molecule has 1 atom stereocenters. The van der Waals surface area contributed by atoms with E-state index in [9.17, 15) is 4.79 Å². The number of carbonyl (C=O) groups is 1. The van der Waals surface area contributed by atoms with Gasteiger partial charge in [0, 0.05) is 11.8 Å². The van der Waals surface area contributed by atoms with Crippen LogP contribution in [0, 0.1) is 16.2 Å². The molecule has 0 spiro atoms. The van der Waals surface area contributed by atoms with E-state index in [4.69, 9.17) is 0 Å². The summed E-state index contributed by atoms with van der Waals surface area (Å²) in [5.74, 6) is 0.248. The van der Waals surface area contributed by atoms with E-state index in [1.807, 2.05) is 0 Å². The lowest BCUT2D eigenvalue weighted by atomic mass is 9.58. The van der Waals surface area contributed by atoms with Crippen LogP contribution in [-0.2, 0) is 4.79 Å². The second kappa shape index (κ2) is 6.24. The smallest absolute Gasteiger partial charge is 0.164 e. The second-order valence-corrected chi connectivity index (χ2v) is 10.0. The summed E-state index contributed by atoms with van der Waals surface area (Å²) in [6.45, 7) is 20.3. The van der Waals surface area contributed by atoms with Gasteiger partial charge in [-0.1, -0.05) is 55.0 Å². The molecule has 0 amide bonds. The molecule has 0 aromatic carbocycles. The Morgan fingerprint density at radius 1 is 0.952 bits per heavy atom. The van der Waals surface area contributed by atoms with E-state index in [2.05, 4.69) is 76.2 Å². The molecular formula is C19H38NO+. The molecule has 0 radical (unpaired) electrons. The van der Waals surface area contributed by atoms with E-state index in [0.717, 1.165) is 29.4 Å². The van der Waals surface area contributed by atoms with E-state index >= 15 is 0 Å². The van der Waals surface area contributed by atoms with Crippen molar-refractivity contribution in [3.8, 4) is 0 Å². The van der Waals surface area contributed by atoms with Crippen LogP contribution in [0.4, 0.5) is 0 Å². The van der Waals surface area contributed by atoms with Gasteiger partial charge in [0.25, 0.3) is 0 Å².